The molecule has 0 aliphatic rings. The second kappa shape index (κ2) is 4.92. The van der Waals surface area contributed by atoms with Crippen molar-refractivity contribution in [3.63, 3.8) is 0 Å². The minimum atomic E-state index is 0.0607. The normalized spacial score (nSPS) is 9.69. The summed E-state index contributed by atoms with van der Waals surface area (Å²) in [5.41, 5.74) is 1.24. The molecule has 0 spiro atoms. The lowest BCUT2D eigenvalue weighted by Crippen LogP contribution is -2.19. The molecule has 1 N–H and O–H groups in total. The molecule has 0 heterocycles. The van der Waals surface area contributed by atoms with Gasteiger partial charge in [-0.15, -0.1) is 11.8 Å². The number of amides is 1. The summed E-state index contributed by atoms with van der Waals surface area (Å²) in [5.74, 6) is 0.546. The van der Waals surface area contributed by atoms with E-state index in [9.17, 15) is 4.79 Å². The van der Waals surface area contributed by atoms with Gasteiger partial charge in [-0.2, -0.15) is 0 Å². The van der Waals surface area contributed by atoms with Gasteiger partial charge < -0.3 is 5.32 Å². The van der Waals surface area contributed by atoms with Gasteiger partial charge in [0.2, 0.25) is 5.91 Å². The number of hydrogen-bond acceptors (Lipinski definition) is 2. The van der Waals surface area contributed by atoms with Crippen LogP contribution in [0.5, 0.6) is 0 Å². The second-order valence-corrected chi connectivity index (χ2v) is 3.82. The zero-order chi connectivity index (χ0) is 9.68. The molecule has 0 aliphatic heterocycles. The highest BCUT2D eigenvalue weighted by Crippen LogP contribution is 2.17. The highest BCUT2D eigenvalue weighted by Gasteiger charge is 1.98. The molecule has 0 aliphatic carbocycles. The molecule has 2 nitrogen and oxygen atoms in total. The highest BCUT2D eigenvalue weighted by molar-refractivity contribution is 8.00. The molecule has 0 unspecified atom stereocenters. The predicted molar refractivity (Wildman–Crippen MR) is 56.0 cm³/mol. The van der Waals surface area contributed by atoms with Crippen molar-refractivity contribution in [2.75, 3.05) is 12.8 Å². The van der Waals surface area contributed by atoms with Gasteiger partial charge in [-0.05, 0) is 19.1 Å². The van der Waals surface area contributed by atoms with Crippen molar-refractivity contribution >= 4 is 17.7 Å². The van der Waals surface area contributed by atoms with E-state index in [1.54, 1.807) is 18.8 Å². The molecule has 0 radical (unpaired) electrons. The van der Waals surface area contributed by atoms with Crippen LogP contribution in [0.2, 0.25) is 0 Å². The Bertz CT molecular complexity index is 281. The third-order valence-electron chi connectivity index (χ3n) is 1.67. The summed E-state index contributed by atoms with van der Waals surface area (Å²) in [7, 11) is 1.65. The summed E-state index contributed by atoms with van der Waals surface area (Å²) in [6, 6.07) is 8.16. The zero-order valence-corrected chi connectivity index (χ0v) is 8.65. The molecule has 0 saturated heterocycles. The van der Waals surface area contributed by atoms with E-state index in [0.717, 1.165) is 4.90 Å². The lowest BCUT2D eigenvalue weighted by molar-refractivity contribution is -0.118. The number of hydrogen-bond donors (Lipinski definition) is 1. The summed E-state index contributed by atoms with van der Waals surface area (Å²) in [4.78, 5) is 12.1. The molecule has 0 aromatic heterocycles. The number of carbonyl (C=O) groups excluding carboxylic acids is 1. The fourth-order valence-electron chi connectivity index (χ4n) is 0.856. The van der Waals surface area contributed by atoms with E-state index in [1.165, 1.54) is 5.56 Å². The predicted octanol–water partition coefficient (Wildman–Crippen LogP) is 1.83. The molecule has 0 bridgehead atoms. The maximum absolute atomic E-state index is 10.9. The SMILES string of the molecule is CNC(=O)CSc1ccc(C)cc1. The number of nitrogens with one attached hydrogen (secondary N) is 1. The summed E-state index contributed by atoms with van der Waals surface area (Å²) in [5, 5.41) is 2.59. The smallest absolute Gasteiger partial charge is 0.230 e. The van der Waals surface area contributed by atoms with Crippen molar-refractivity contribution in [1.29, 1.82) is 0 Å². The molecule has 13 heavy (non-hydrogen) atoms. The Morgan fingerprint density at radius 2 is 2.00 bits per heavy atom. The molecule has 1 rings (SSSR count). The molecule has 3 heteroatoms. The number of thioether (sulfide) groups is 1. The molecule has 1 amide bonds. The summed E-state index contributed by atoms with van der Waals surface area (Å²) in [6.07, 6.45) is 0. The van der Waals surface area contributed by atoms with E-state index in [0.29, 0.717) is 5.75 Å². The Balaban J connectivity index is 2.46. The van der Waals surface area contributed by atoms with Crippen molar-refractivity contribution < 1.29 is 4.79 Å². The minimum Gasteiger partial charge on any atom is -0.358 e. The van der Waals surface area contributed by atoms with Crippen molar-refractivity contribution in [3.05, 3.63) is 29.8 Å². The van der Waals surface area contributed by atoms with E-state index in [4.69, 9.17) is 0 Å². The molecule has 1 aromatic rings. The van der Waals surface area contributed by atoms with Crippen LogP contribution in [0, 0.1) is 6.92 Å². The summed E-state index contributed by atoms with van der Waals surface area (Å²) in [6.45, 7) is 2.05. The van der Waals surface area contributed by atoms with Crippen LogP contribution in [0.15, 0.2) is 29.2 Å². The molecule has 0 saturated carbocycles. The van der Waals surface area contributed by atoms with Gasteiger partial charge in [-0.25, -0.2) is 0 Å². The third kappa shape index (κ3) is 3.51. The highest BCUT2D eigenvalue weighted by atomic mass is 32.2. The second-order valence-electron chi connectivity index (χ2n) is 2.77. The largest absolute Gasteiger partial charge is 0.358 e. The van der Waals surface area contributed by atoms with E-state index in [-0.39, 0.29) is 5.91 Å². The zero-order valence-electron chi connectivity index (χ0n) is 7.83. The van der Waals surface area contributed by atoms with Crippen LogP contribution in [-0.4, -0.2) is 18.7 Å². The molecular formula is C10H13NOS. The van der Waals surface area contributed by atoms with E-state index in [2.05, 4.69) is 5.32 Å². The quantitative estimate of drug-likeness (QED) is 0.746. The van der Waals surface area contributed by atoms with Crippen LogP contribution in [0.4, 0.5) is 0 Å². The minimum absolute atomic E-state index is 0.0607. The lowest BCUT2D eigenvalue weighted by Gasteiger charge is -2.00. The van der Waals surface area contributed by atoms with E-state index in [1.807, 2.05) is 31.2 Å². The van der Waals surface area contributed by atoms with Gasteiger partial charge in [0.1, 0.15) is 0 Å². The molecular weight excluding hydrogens is 182 g/mol. The molecule has 0 atom stereocenters. The van der Waals surface area contributed by atoms with Crippen LogP contribution in [0.25, 0.3) is 0 Å². The van der Waals surface area contributed by atoms with Gasteiger partial charge in [0.25, 0.3) is 0 Å². The Kier molecular flexibility index (Phi) is 3.83. The van der Waals surface area contributed by atoms with Gasteiger partial charge in [0, 0.05) is 11.9 Å². The fourth-order valence-corrected chi connectivity index (χ4v) is 1.63. The average Bonchev–Trinajstić information content (AvgIpc) is 2.16. The number of rotatable bonds is 3. The first-order chi connectivity index (χ1) is 6.22. The van der Waals surface area contributed by atoms with Crippen LogP contribution in [0.1, 0.15) is 5.56 Å². The van der Waals surface area contributed by atoms with Gasteiger partial charge in [-0.1, -0.05) is 17.7 Å². The van der Waals surface area contributed by atoms with Crippen molar-refractivity contribution in [1.82, 2.24) is 5.32 Å². The van der Waals surface area contributed by atoms with Gasteiger partial charge >= 0.3 is 0 Å². The monoisotopic (exact) mass is 195 g/mol. The Morgan fingerprint density at radius 3 is 2.54 bits per heavy atom. The van der Waals surface area contributed by atoms with Crippen molar-refractivity contribution in [2.24, 2.45) is 0 Å². The van der Waals surface area contributed by atoms with Crippen LogP contribution in [-0.2, 0) is 4.79 Å². The summed E-state index contributed by atoms with van der Waals surface area (Å²) < 4.78 is 0. The van der Waals surface area contributed by atoms with Crippen LogP contribution < -0.4 is 5.32 Å². The standard InChI is InChI=1S/C10H13NOS/c1-8-3-5-9(6-4-8)13-7-10(12)11-2/h3-6H,7H2,1-2H3,(H,11,12). The van der Waals surface area contributed by atoms with E-state index < -0.39 is 0 Å². The Morgan fingerprint density at radius 1 is 1.38 bits per heavy atom. The maximum Gasteiger partial charge on any atom is 0.230 e. The van der Waals surface area contributed by atoms with Gasteiger partial charge in [0.05, 0.1) is 5.75 Å². The first-order valence-corrected chi connectivity index (χ1v) is 5.11. The van der Waals surface area contributed by atoms with Gasteiger partial charge in [0.15, 0.2) is 0 Å². The van der Waals surface area contributed by atoms with Gasteiger partial charge in [-0.3, -0.25) is 4.79 Å². The van der Waals surface area contributed by atoms with Crippen LogP contribution in [0.3, 0.4) is 0 Å². The third-order valence-corrected chi connectivity index (χ3v) is 2.68. The first kappa shape index (κ1) is 10.1. The Hall–Kier alpha value is -0.960. The first-order valence-electron chi connectivity index (χ1n) is 4.12. The maximum atomic E-state index is 10.9. The average molecular weight is 195 g/mol. The van der Waals surface area contributed by atoms with Crippen molar-refractivity contribution in [3.8, 4) is 0 Å². The molecule has 0 fully saturated rings. The number of aryl methyl sites for hydroxylation is 1. The fraction of sp³-hybridized carbons (Fsp3) is 0.300. The molecule has 1 aromatic carbocycles. The van der Waals surface area contributed by atoms with Crippen LogP contribution >= 0.6 is 11.8 Å². The summed E-state index contributed by atoms with van der Waals surface area (Å²) >= 11 is 1.55. The van der Waals surface area contributed by atoms with E-state index >= 15 is 0 Å². The Labute approximate surface area is 82.7 Å². The lowest BCUT2D eigenvalue weighted by atomic mass is 10.2. The number of carbonyl (C=O) groups is 1. The molecule has 70 valence electrons. The number of benzene rings is 1. The van der Waals surface area contributed by atoms with Crippen molar-refractivity contribution in [2.45, 2.75) is 11.8 Å². The topological polar surface area (TPSA) is 29.1 Å².